The number of unbranched alkanes of at least 4 members (excludes halogenated alkanes) is 1. The van der Waals surface area contributed by atoms with Crippen LogP contribution >= 0.6 is 0 Å². The van der Waals surface area contributed by atoms with Crippen molar-refractivity contribution in [1.29, 1.82) is 0 Å². The van der Waals surface area contributed by atoms with E-state index in [1.807, 2.05) is 0 Å². The molecule has 5 aliphatic heterocycles. The van der Waals surface area contributed by atoms with Crippen LogP contribution in [0.4, 0.5) is 0 Å². The Balaban J connectivity index is 0.997. The highest BCUT2D eigenvalue weighted by atomic mass is 27.1. The van der Waals surface area contributed by atoms with Gasteiger partial charge in [0, 0.05) is 6.61 Å². The Hall–Kier alpha value is 0.172. The molecule has 9 fully saturated rings. The van der Waals surface area contributed by atoms with Crippen molar-refractivity contribution in [2.45, 2.75) is 190 Å². The summed E-state index contributed by atoms with van der Waals surface area (Å²) < 4.78 is 7.60. The van der Waals surface area contributed by atoms with Gasteiger partial charge in [-0.15, -0.1) is 0 Å². The molecule has 5 saturated heterocycles. The molecule has 8 bridgehead atoms. The quantitative estimate of drug-likeness (QED) is 0.172. The molecule has 9 aliphatic rings. The average Bonchev–Trinajstić information content (AvgIpc) is 3.89. The molecule has 50 heavy (non-hydrogen) atoms. The Kier molecular flexibility index (Phi) is 11.5. The molecule has 10 heteroatoms. The van der Waals surface area contributed by atoms with Gasteiger partial charge in [0.15, 0.2) is 0 Å². The standard InChI is InChI=1S/C32H55N8.C8H17O.Al.H/c1-2-10-18-17(9-1)25-33-26(18)38-28-21-13-5-6-14-22(21)30(35-28)40-32-24-16-8-7-15-23(24)31(36-32)39-29-20-12-4-3-11-19(20)27(34-29)37-25;1-3-5-6-8(4-2)7-9;;/h9,17-40H,1-8,10-16H2;8H,3-7H2,1-2H3;;/q;-1;+1;. The molecule has 9 rings (SSSR count). The third-order valence-corrected chi connectivity index (χ3v) is 18.1. The molecule has 0 spiro atoms. The van der Waals surface area contributed by atoms with Crippen LogP contribution in [0.1, 0.15) is 136 Å². The summed E-state index contributed by atoms with van der Waals surface area (Å²) in [5, 5.41) is 34.4. The zero-order valence-corrected chi connectivity index (χ0v) is 33.1. The van der Waals surface area contributed by atoms with Crippen molar-refractivity contribution in [3.8, 4) is 0 Å². The third-order valence-electron chi connectivity index (χ3n) is 16.3. The van der Waals surface area contributed by atoms with Crippen LogP contribution in [0.5, 0.6) is 0 Å². The summed E-state index contributed by atoms with van der Waals surface area (Å²) in [5.41, 5.74) is 0. The van der Waals surface area contributed by atoms with Crippen molar-refractivity contribution in [1.82, 2.24) is 42.5 Å². The second kappa shape index (κ2) is 16.1. The van der Waals surface area contributed by atoms with Crippen molar-refractivity contribution in [3.63, 3.8) is 0 Å². The molecule has 0 aromatic carbocycles. The predicted octanol–water partition coefficient (Wildman–Crippen LogP) is 4.59. The molecule has 18 atom stereocenters. The van der Waals surface area contributed by atoms with Crippen LogP contribution in [0.3, 0.4) is 0 Å². The average molecular weight is 709 g/mol. The first-order valence-corrected chi connectivity index (χ1v) is 23.7. The van der Waals surface area contributed by atoms with Crippen LogP contribution in [0.25, 0.3) is 0 Å². The lowest BCUT2D eigenvalue weighted by Crippen LogP contribution is -2.61. The van der Waals surface area contributed by atoms with Crippen LogP contribution in [0.2, 0.25) is 4.78 Å². The first-order chi connectivity index (χ1) is 24.7. The highest BCUT2D eigenvalue weighted by molar-refractivity contribution is 6.29. The van der Waals surface area contributed by atoms with Crippen LogP contribution in [-0.2, 0) is 3.79 Å². The Morgan fingerprint density at radius 1 is 0.480 bits per heavy atom. The van der Waals surface area contributed by atoms with Gasteiger partial charge in [-0.3, -0.25) is 42.5 Å². The van der Waals surface area contributed by atoms with Gasteiger partial charge in [-0.05, 0) is 105 Å². The number of hydrogen-bond donors (Lipinski definition) is 8. The van der Waals surface area contributed by atoms with Gasteiger partial charge in [0.25, 0.3) is 0 Å². The van der Waals surface area contributed by atoms with Crippen molar-refractivity contribution < 1.29 is 3.79 Å². The summed E-state index contributed by atoms with van der Waals surface area (Å²) in [6.07, 6.45) is 28.9. The maximum atomic E-state index is 6.84. The molecular weight excluding hydrogens is 635 g/mol. The van der Waals surface area contributed by atoms with E-state index >= 15 is 0 Å². The van der Waals surface area contributed by atoms with Crippen LogP contribution < -0.4 is 42.5 Å². The van der Waals surface area contributed by atoms with Gasteiger partial charge in [0.1, 0.15) is 0 Å². The largest absolute Gasteiger partial charge is 0.503 e. The highest BCUT2D eigenvalue weighted by Crippen LogP contribution is 2.48. The van der Waals surface area contributed by atoms with E-state index in [0.29, 0.717) is 78.9 Å². The maximum Gasteiger partial charge on any atom is 0.439 e. The van der Waals surface area contributed by atoms with E-state index in [-0.39, 0.29) is 0 Å². The monoisotopic (exact) mass is 709 g/mol. The molecule has 0 radical (unpaired) electrons. The molecule has 0 aromatic rings. The molecule has 4 saturated carbocycles. The molecule has 0 aromatic heterocycles. The molecule has 0 amide bonds. The number of rotatable bonds is 8. The van der Waals surface area contributed by atoms with E-state index in [1.54, 1.807) is 0 Å². The summed E-state index contributed by atoms with van der Waals surface area (Å²) in [4.78, 5) is 0. The van der Waals surface area contributed by atoms with Crippen LogP contribution in [0.15, 0.2) is 0 Å². The van der Waals surface area contributed by atoms with Crippen molar-refractivity contribution in [2.75, 3.05) is 6.61 Å². The minimum Gasteiger partial charge on any atom is -0.503 e. The minimum absolute atomic E-state index is 0.349. The summed E-state index contributed by atoms with van der Waals surface area (Å²) in [6, 6.07) is 0. The summed E-state index contributed by atoms with van der Waals surface area (Å²) >= 11 is -0.623. The number of hydrogen-bond acceptors (Lipinski definition) is 9. The van der Waals surface area contributed by atoms with Crippen molar-refractivity contribution in [2.24, 2.45) is 53.3 Å². The Bertz CT molecular complexity index is 1120. The van der Waals surface area contributed by atoms with E-state index in [0.717, 1.165) is 35.1 Å². The Labute approximate surface area is 310 Å². The van der Waals surface area contributed by atoms with Gasteiger partial charge < -0.3 is 3.79 Å². The van der Waals surface area contributed by atoms with E-state index in [4.69, 9.17) is 3.79 Å². The normalized spacial score (nSPS) is 50.6. The minimum atomic E-state index is -0.623. The second-order valence-electron chi connectivity index (χ2n) is 18.9. The smallest absolute Gasteiger partial charge is 0.439 e. The van der Waals surface area contributed by atoms with E-state index in [9.17, 15) is 0 Å². The third kappa shape index (κ3) is 7.07. The van der Waals surface area contributed by atoms with Crippen molar-refractivity contribution in [3.05, 3.63) is 0 Å². The fourth-order valence-corrected chi connectivity index (χ4v) is 15.7. The SMILES string of the molecule is CCCCC(CC)C[O][AlH][CH]1CCCC2C3NC4NC(NC5NC(NC6NC(NC(N3)C12)C1CCCCC61)C1CCCCC51)C1CCCCC41. The lowest BCUT2D eigenvalue weighted by Gasteiger charge is -2.39. The zero-order valence-electron chi connectivity index (χ0n) is 31.6. The lowest BCUT2D eigenvalue weighted by atomic mass is 9.76. The van der Waals surface area contributed by atoms with E-state index < -0.39 is 15.6 Å². The Morgan fingerprint density at radius 3 is 1.26 bits per heavy atom. The molecular formula is C40H73AlN8O. The summed E-state index contributed by atoms with van der Waals surface area (Å²) in [7, 11) is 0. The first kappa shape index (κ1) is 35.8. The second-order valence-corrected chi connectivity index (χ2v) is 20.7. The summed E-state index contributed by atoms with van der Waals surface area (Å²) in [6.45, 7) is 5.71. The molecule has 4 aliphatic carbocycles. The van der Waals surface area contributed by atoms with Gasteiger partial charge in [0.05, 0.1) is 49.3 Å². The lowest BCUT2D eigenvalue weighted by molar-refractivity contribution is 0.161. The topological polar surface area (TPSA) is 105 Å². The van der Waals surface area contributed by atoms with Crippen LogP contribution in [-0.4, -0.2) is 71.5 Å². The first-order valence-electron chi connectivity index (χ1n) is 22.3. The number of nitrogens with one attached hydrogen (secondary N) is 8. The summed E-state index contributed by atoms with van der Waals surface area (Å²) in [5.74, 6) is 6.40. The molecule has 8 N–H and O–H groups in total. The maximum absolute atomic E-state index is 6.84. The molecule has 18 unspecified atom stereocenters. The molecule has 9 nitrogen and oxygen atoms in total. The van der Waals surface area contributed by atoms with Crippen molar-refractivity contribution >= 4 is 15.6 Å². The number of fused-ring (bicyclic) bond motifs is 20. The van der Waals surface area contributed by atoms with Crippen LogP contribution in [0, 0.1) is 53.3 Å². The zero-order chi connectivity index (χ0) is 33.6. The molecule has 282 valence electrons. The fraction of sp³-hybridized carbons (Fsp3) is 1.00. The van der Waals surface area contributed by atoms with Gasteiger partial charge in [-0.25, -0.2) is 0 Å². The highest BCUT2D eigenvalue weighted by Gasteiger charge is 2.55. The van der Waals surface area contributed by atoms with Gasteiger partial charge in [-0.1, -0.05) is 89.3 Å². The van der Waals surface area contributed by atoms with Gasteiger partial charge in [0.2, 0.25) is 0 Å². The predicted molar refractivity (Wildman–Crippen MR) is 203 cm³/mol. The fourth-order valence-electron chi connectivity index (χ4n) is 13.7. The van der Waals surface area contributed by atoms with Gasteiger partial charge >= 0.3 is 15.6 Å². The van der Waals surface area contributed by atoms with E-state index in [1.165, 1.54) is 122 Å². The molecule has 5 heterocycles. The Morgan fingerprint density at radius 2 is 0.860 bits per heavy atom. The van der Waals surface area contributed by atoms with Gasteiger partial charge in [-0.2, -0.15) is 0 Å². The van der Waals surface area contributed by atoms with E-state index in [2.05, 4.69) is 56.4 Å².